The molecule has 0 spiro atoms. The van der Waals surface area contributed by atoms with Crippen LogP contribution in [0.5, 0.6) is 0 Å². The molecule has 1 saturated heterocycles. The van der Waals surface area contributed by atoms with Gasteiger partial charge >= 0.3 is 0 Å². The van der Waals surface area contributed by atoms with Crippen molar-refractivity contribution < 1.29 is 4.74 Å². The summed E-state index contributed by atoms with van der Waals surface area (Å²) >= 11 is 0. The highest BCUT2D eigenvalue weighted by atomic mass is 16.6. The van der Waals surface area contributed by atoms with E-state index in [2.05, 4.69) is 0 Å². The van der Waals surface area contributed by atoms with Gasteiger partial charge in [-0.3, -0.25) is 0 Å². The third kappa shape index (κ3) is 1.26. The summed E-state index contributed by atoms with van der Waals surface area (Å²) in [6.07, 6.45) is 7.92. The van der Waals surface area contributed by atoms with E-state index in [0.29, 0.717) is 6.10 Å². The molecule has 0 bridgehead atoms. The fourth-order valence-electron chi connectivity index (χ4n) is 1.83. The first kappa shape index (κ1) is 5.72. The second kappa shape index (κ2) is 2.30. The Hall–Kier alpha value is -0.0400. The Kier molecular flexibility index (Phi) is 1.46. The SMILES string of the molecule is C1CCC([C@@H]2CO2)CC1. The van der Waals surface area contributed by atoms with Crippen LogP contribution >= 0.6 is 0 Å². The van der Waals surface area contributed by atoms with Gasteiger partial charge in [0, 0.05) is 0 Å². The molecule has 1 heteroatoms. The fourth-order valence-corrected chi connectivity index (χ4v) is 1.83. The molecule has 9 heavy (non-hydrogen) atoms. The highest BCUT2D eigenvalue weighted by molar-refractivity contribution is 4.81. The van der Waals surface area contributed by atoms with Gasteiger partial charge in [0.15, 0.2) is 0 Å². The van der Waals surface area contributed by atoms with Gasteiger partial charge in [-0.15, -0.1) is 0 Å². The monoisotopic (exact) mass is 126 g/mol. The normalized spacial score (nSPS) is 36.7. The maximum absolute atomic E-state index is 5.25. The number of ether oxygens (including phenoxy) is 1. The Labute approximate surface area is 56.4 Å². The van der Waals surface area contributed by atoms with Gasteiger partial charge in [-0.2, -0.15) is 0 Å². The second-order valence-electron chi connectivity index (χ2n) is 3.27. The van der Waals surface area contributed by atoms with Gasteiger partial charge in [0.05, 0.1) is 12.7 Å². The number of hydrogen-bond acceptors (Lipinski definition) is 1. The van der Waals surface area contributed by atoms with Gasteiger partial charge in [-0.25, -0.2) is 0 Å². The average molecular weight is 126 g/mol. The summed E-state index contributed by atoms with van der Waals surface area (Å²) < 4.78 is 5.25. The van der Waals surface area contributed by atoms with Crippen LogP contribution < -0.4 is 0 Å². The van der Waals surface area contributed by atoms with Crippen molar-refractivity contribution in [2.75, 3.05) is 6.61 Å². The summed E-state index contributed by atoms with van der Waals surface area (Å²) in [7, 11) is 0. The topological polar surface area (TPSA) is 12.5 Å². The first-order valence-electron chi connectivity index (χ1n) is 4.08. The Morgan fingerprint density at radius 3 is 2.22 bits per heavy atom. The molecule has 0 unspecified atom stereocenters. The molecule has 1 aliphatic carbocycles. The van der Waals surface area contributed by atoms with Crippen LogP contribution in [0.4, 0.5) is 0 Å². The number of epoxide rings is 1. The maximum Gasteiger partial charge on any atom is 0.0838 e. The molecule has 1 saturated carbocycles. The lowest BCUT2D eigenvalue weighted by atomic mass is 9.87. The molecule has 0 aromatic heterocycles. The zero-order valence-electron chi connectivity index (χ0n) is 5.81. The molecule has 0 N–H and O–H groups in total. The summed E-state index contributed by atoms with van der Waals surface area (Å²) in [6, 6.07) is 0. The van der Waals surface area contributed by atoms with Gasteiger partial charge in [-0.1, -0.05) is 19.3 Å². The molecular formula is C8H14O. The Bertz CT molecular complexity index is 90.7. The summed E-state index contributed by atoms with van der Waals surface area (Å²) in [5.41, 5.74) is 0. The van der Waals surface area contributed by atoms with Crippen LogP contribution in [0.25, 0.3) is 0 Å². The zero-order valence-corrected chi connectivity index (χ0v) is 5.81. The van der Waals surface area contributed by atoms with Gasteiger partial charge in [0.25, 0.3) is 0 Å². The van der Waals surface area contributed by atoms with Crippen molar-refractivity contribution in [2.45, 2.75) is 38.2 Å². The van der Waals surface area contributed by atoms with Crippen molar-refractivity contribution in [1.29, 1.82) is 0 Å². The van der Waals surface area contributed by atoms with Crippen molar-refractivity contribution in [2.24, 2.45) is 5.92 Å². The Morgan fingerprint density at radius 1 is 1.00 bits per heavy atom. The van der Waals surface area contributed by atoms with E-state index in [0.717, 1.165) is 12.5 Å². The van der Waals surface area contributed by atoms with Gasteiger partial charge in [0.1, 0.15) is 0 Å². The summed E-state index contributed by atoms with van der Waals surface area (Å²) in [5, 5.41) is 0. The summed E-state index contributed by atoms with van der Waals surface area (Å²) in [6.45, 7) is 1.06. The Balaban J connectivity index is 1.80. The van der Waals surface area contributed by atoms with Crippen molar-refractivity contribution >= 4 is 0 Å². The Morgan fingerprint density at radius 2 is 1.67 bits per heavy atom. The average Bonchev–Trinajstić information content (AvgIpc) is 2.71. The first-order valence-corrected chi connectivity index (χ1v) is 4.08. The lowest BCUT2D eigenvalue weighted by Crippen LogP contribution is -2.11. The lowest BCUT2D eigenvalue weighted by Gasteiger charge is -2.18. The smallest absolute Gasteiger partial charge is 0.0838 e. The molecule has 1 nitrogen and oxygen atoms in total. The van der Waals surface area contributed by atoms with Gasteiger partial charge < -0.3 is 4.74 Å². The molecule has 2 rings (SSSR count). The van der Waals surface area contributed by atoms with E-state index in [4.69, 9.17) is 4.74 Å². The third-order valence-corrected chi connectivity index (χ3v) is 2.53. The predicted octanol–water partition coefficient (Wildman–Crippen LogP) is 1.97. The van der Waals surface area contributed by atoms with E-state index in [1.165, 1.54) is 32.1 Å². The first-order chi connectivity index (χ1) is 4.47. The molecule has 52 valence electrons. The molecule has 1 aliphatic heterocycles. The van der Waals surface area contributed by atoms with Crippen LogP contribution in [0.2, 0.25) is 0 Å². The molecule has 0 radical (unpaired) electrons. The van der Waals surface area contributed by atoms with Gasteiger partial charge in [-0.05, 0) is 18.8 Å². The highest BCUT2D eigenvalue weighted by Crippen LogP contribution is 2.32. The quantitative estimate of drug-likeness (QED) is 0.489. The molecule has 0 aromatic carbocycles. The van der Waals surface area contributed by atoms with Crippen LogP contribution in [-0.4, -0.2) is 12.7 Å². The van der Waals surface area contributed by atoms with Crippen molar-refractivity contribution in [3.05, 3.63) is 0 Å². The molecule has 0 amide bonds. The molecule has 2 fully saturated rings. The minimum atomic E-state index is 0.685. The standard InChI is InChI=1S/C8H14O/c1-2-4-7(5-3-1)8-6-9-8/h7-8H,1-6H2/t8-/m0/s1. The highest BCUT2D eigenvalue weighted by Gasteiger charge is 2.32. The van der Waals surface area contributed by atoms with E-state index < -0.39 is 0 Å². The predicted molar refractivity (Wildman–Crippen MR) is 36.3 cm³/mol. The molecule has 1 atom stereocenters. The van der Waals surface area contributed by atoms with Crippen LogP contribution in [0.3, 0.4) is 0 Å². The van der Waals surface area contributed by atoms with Crippen molar-refractivity contribution in [1.82, 2.24) is 0 Å². The lowest BCUT2D eigenvalue weighted by molar-refractivity contribution is 0.266. The van der Waals surface area contributed by atoms with E-state index in [1.807, 2.05) is 0 Å². The maximum atomic E-state index is 5.25. The molecular weight excluding hydrogens is 112 g/mol. The van der Waals surface area contributed by atoms with E-state index >= 15 is 0 Å². The summed E-state index contributed by atoms with van der Waals surface area (Å²) in [4.78, 5) is 0. The van der Waals surface area contributed by atoms with E-state index in [-0.39, 0.29) is 0 Å². The summed E-state index contributed by atoms with van der Waals surface area (Å²) in [5.74, 6) is 0.943. The molecule has 1 heterocycles. The van der Waals surface area contributed by atoms with Crippen molar-refractivity contribution in [3.8, 4) is 0 Å². The molecule has 2 aliphatic rings. The minimum Gasteiger partial charge on any atom is -0.373 e. The second-order valence-corrected chi connectivity index (χ2v) is 3.27. The minimum absolute atomic E-state index is 0.685. The van der Waals surface area contributed by atoms with Gasteiger partial charge in [0.2, 0.25) is 0 Å². The number of rotatable bonds is 1. The van der Waals surface area contributed by atoms with E-state index in [1.54, 1.807) is 0 Å². The molecule has 0 aromatic rings. The van der Waals surface area contributed by atoms with Crippen LogP contribution in [0.15, 0.2) is 0 Å². The zero-order chi connectivity index (χ0) is 6.10. The third-order valence-electron chi connectivity index (χ3n) is 2.53. The van der Waals surface area contributed by atoms with Crippen LogP contribution in [-0.2, 0) is 4.74 Å². The fraction of sp³-hybridized carbons (Fsp3) is 1.00. The van der Waals surface area contributed by atoms with Crippen LogP contribution in [0.1, 0.15) is 32.1 Å². The number of hydrogen-bond donors (Lipinski definition) is 0. The largest absolute Gasteiger partial charge is 0.373 e. The van der Waals surface area contributed by atoms with Crippen LogP contribution in [0, 0.1) is 5.92 Å². The van der Waals surface area contributed by atoms with E-state index in [9.17, 15) is 0 Å². The van der Waals surface area contributed by atoms with Crippen molar-refractivity contribution in [3.63, 3.8) is 0 Å².